The number of hydrogen-bond acceptors (Lipinski definition) is 1. The molecule has 2 aromatic carbocycles. The summed E-state index contributed by atoms with van der Waals surface area (Å²) in [5, 5.41) is 3.95. The van der Waals surface area contributed by atoms with E-state index in [1.54, 1.807) is 0 Å². The molecule has 1 N–H and O–H groups in total. The van der Waals surface area contributed by atoms with E-state index in [0.717, 1.165) is 0 Å². The van der Waals surface area contributed by atoms with E-state index >= 15 is 0 Å². The van der Waals surface area contributed by atoms with Crippen LogP contribution in [0.3, 0.4) is 0 Å². The van der Waals surface area contributed by atoms with Gasteiger partial charge < -0.3 is 5.23 Å². The molecule has 0 aliphatic carbocycles. The van der Waals surface area contributed by atoms with Gasteiger partial charge in [-0.05, 0) is 51.4 Å². The summed E-state index contributed by atoms with van der Waals surface area (Å²) in [6.07, 6.45) is 0. The van der Waals surface area contributed by atoms with Crippen LogP contribution in [0.1, 0.15) is 101 Å². The minimum atomic E-state index is 0.276. The predicted octanol–water partition coefficient (Wildman–Crippen LogP) is 7.12. The van der Waals surface area contributed by atoms with Crippen molar-refractivity contribution >= 4 is 18.0 Å². The zero-order valence-electron chi connectivity index (χ0n) is 18.9. The molecule has 27 heavy (non-hydrogen) atoms. The minimum absolute atomic E-state index is 0.276. The highest BCUT2D eigenvalue weighted by atomic mass is 14.8. The second-order valence-electron chi connectivity index (χ2n) is 9.15. The van der Waals surface area contributed by atoms with Crippen molar-refractivity contribution in [2.75, 3.05) is 5.23 Å². The second kappa shape index (κ2) is 9.00. The van der Waals surface area contributed by atoms with Crippen molar-refractivity contribution in [3.63, 3.8) is 0 Å². The van der Waals surface area contributed by atoms with E-state index in [4.69, 9.17) is 0 Å². The Bertz CT molecular complexity index is 706. The van der Waals surface area contributed by atoms with Gasteiger partial charge in [0, 0.05) is 5.69 Å². The Kier molecular flexibility index (Phi) is 7.20. The smallest absolute Gasteiger partial charge is 0.283 e. The van der Waals surface area contributed by atoms with Crippen molar-refractivity contribution in [1.29, 1.82) is 0 Å². The molecule has 2 aromatic rings. The first kappa shape index (κ1) is 21.6. The zero-order valence-corrected chi connectivity index (χ0v) is 18.9. The molecule has 0 radical (unpaired) electrons. The summed E-state index contributed by atoms with van der Waals surface area (Å²) in [4.78, 5) is 0. The van der Waals surface area contributed by atoms with Crippen molar-refractivity contribution < 1.29 is 0 Å². The SMILES string of the molecule is CB(Nc1c(C(C)C)cccc1C(C)C)c1c(C(C)C)cccc1C(C)C. The van der Waals surface area contributed by atoms with Crippen LogP contribution in [0.4, 0.5) is 5.69 Å². The molecule has 2 heteroatoms. The predicted molar refractivity (Wildman–Crippen MR) is 124 cm³/mol. The van der Waals surface area contributed by atoms with E-state index in [2.05, 4.69) is 104 Å². The molecule has 0 saturated heterocycles. The molecule has 2 rings (SSSR count). The van der Waals surface area contributed by atoms with Gasteiger partial charge in [-0.1, -0.05) is 98.6 Å². The molecular formula is C25H38BN. The molecule has 0 amide bonds. The summed E-state index contributed by atoms with van der Waals surface area (Å²) in [5.41, 5.74) is 8.59. The van der Waals surface area contributed by atoms with Gasteiger partial charge in [-0.25, -0.2) is 0 Å². The van der Waals surface area contributed by atoms with Crippen molar-refractivity contribution in [3.05, 3.63) is 58.7 Å². The minimum Gasteiger partial charge on any atom is -0.424 e. The highest BCUT2D eigenvalue weighted by Crippen LogP contribution is 2.33. The standard InChI is InChI=1S/C25H38BN/c1-16(2)20-12-10-13-21(17(3)4)24(20)26(9)27-25-22(18(5)6)14-11-15-23(25)19(7)8/h10-19,27H,1-9H3. The van der Waals surface area contributed by atoms with E-state index in [9.17, 15) is 0 Å². The maximum Gasteiger partial charge on any atom is 0.283 e. The zero-order chi connectivity index (χ0) is 20.3. The summed E-state index contributed by atoms with van der Waals surface area (Å²) in [7, 11) is 0. The lowest BCUT2D eigenvalue weighted by Gasteiger charge is -2.27. The second-order valence-corrected chi connectivity index (χ2v) is 9.15. The third-order valence-electron chi connectivity index (χ3n) is 5.58. The molecule has 0 heterocycles. The van der Waals surface area contributed by atoms with Crippen LogP contribution in [0.2, 0.25) is 6.82 Å². The maximum atomic E-state index is 3.95. The largest absolute Gasteiger partial charge is 0.424 e. The van der Waals surface area contributed by atoms with Gasteiger partial charge in [0.05, 0.1) is 0 Å². The summed E-state index contributed by atoms with van der Waals surface area (Å²) in [6.45, 7) is 21.0. The first-order chi connectivity index (χ1) is 12.6. The van der Waals surface area contributed by atoms with Gasteiger partial charge in [0.25, 0.3) is 6.85 Å². The topological polar surface area (TPSA) is 12.0 Å². The lowest BCUT2D eigenvalue weighted by molar-refractivity contribution is 0.838. The molecule has 0 aliphatic heterocycles. The Morgan fingerprint density at radius 1 is 0.593 bits per heavy atom. The molecule has 0 aliphatic rings. The summed E-state index contributed by atoms with van der Waals surface area (Å²) in [5.74, 6) is 2.05. The number of benzene rings is 2. The fourth-order valence-electron chi connectivity index (χ4n) is 4.11. The Morgan fingerprint density at radius 2 is 0.926 bits per heavy atom. The number of nitrogens with one attached hydrogen (secondary N) is 1. The maximum absolute atomic E-state index is 3.95. The van der Waals surface area contributed by atoms with E-state index in [0.29, 0.717) is 23.7 Å². The van der Waals surface area contributed by atoms with Gasteiger partial charge in [-0.3, -0.25) is 0 Å². The molecular weight excluding hydrogens is 325 g/mol. The first-order valence-corrected chi connectivity index (χ1v) is 10.7. The van der Waals surface area contributed by atoms with Crippen LogP contribution in [0.15, 0.2) is 36.4 Å². The quantitative estimate of drug-likeness (QED) is 0.516. The number of anilines is 1. The molecule has 0 aromatic heterocycles. The van der Waals surface area contributed by atoms with Gasteiger partial charge in [0.1, 0.15) is 0 Å². The van der Waals surface area contributed by atoms with Crippen LogP contribution in [0, 0.1) is 0 Å². The number of hydrogen-bond donors (Lipinski definition) is 1. The van der Waals surface area contributed by atoms with E-state index < -0.39 is 0 Å². The molecule has 146 valence electrons. The van der Waals surface area contributed by atoms with E-state index in [-0.39, 0.29) is 6.85 Å². The highest BCUT2D eigenvalue weighted by Gasteiger charge is 2.24. The monoisotopic (exact) mass is 363 g/mol. The van der Waals surface area contributed by atoms with Crippen LogP contribution >= 0.6 is 0 Å². The third kappa shape index (κ3) is 4.78. The van der Waals surface area contributed by atoms with Crippen molar-refractivity contribution in [2.24, 2.45) is 0 Å². The number of rotatable bonds is 7. The molecule has 0 saturated carbocycles. The average molecular weight is 363 g/mol. The number of para-hydroxylation sites is 1. The molecule has 0 fully saturated rings. The lowest BCUT2D eigenvalue weighted by Crippen LogP contribution is -2.41. The van der Waals surface area contributed by atoms with Gasteiger partial charge >= 0.3 is 0 Å². The lowest BCUT2D eigenvalue weighted by atomic mass is 9.53. The van der Waals surface area contributed by atoms with Gasteiger partial charge in [-0.15, -0.1) is 0 Å². The normalized spacial score (nSPS) is 11.7. The van der Waals surface area contributed by atoms with Crippen LogP contribution in [0.25, 0.3) is 0 Å². The summed E-state index contributed by atoms with van der Waals surface area (Å²) in [6, 6.07) is 13.6. The van der Waals surface area contributed by atoms with Crippen molar-refractivity contribution in [3.8, 4) is 0 Å². The fraction of sp³-hybridized carbons (Fsp3) is 0.520. The van der Waals surface area contributed by atoms with Gasteiger partial charge in [-0.2, -0.15) is 0 Å². The van der Waals surface area contributed by atoms with Crippen LogP contribution in [-0.2, 0) is 0 Å². The Labute approximate surface area is 168 Å². The molecule has 1 nitrogen and oxygen atoms in total. The summed E-state index contributed by atoms with van der Waals surface area (Å²) < 4.78 is 0. The van der Waals surface area contributed by atoms with Crippen LogP contribution in [-0.4, -0.2) is 6.85 Å². The Hall–Kier alpha value is -1.70. The summed E-state index contributed by atoms with van der Waals surface area (Å²) >= 11 is 0. The molecule has 0 unspecified atom stereocenters. The highest BCUT2D eigenvalue weighted by molar-refractivity contribution is 6.76. The Balaban J connectivity index is 2.58. The average Bonchev–Trinajstić information content (AvgIpc) is 2.60. The van der Waals surface area contributed by atoms with E-state index in [1.807, 2.05) is 0 Å². The van der Waals surface area contributed by atoms with Gasteiger partial charge in [0.15, 0.2) is 0 Å². The van der Waals surface area contributed by atoms with Crippen LogP contribution < -0.4 is 10.7 Å². The molecule has 0 spiro atoms. The Morgan fingerprint density at radius 3 is 1.26 bits per heavy atom. The third-order valence-corrected chi connectivity index (χ3v) is 5.58. The fourth-order valence-corrected chi connectivity index (χ4v) is 4.11. The van der Waals surface area contributed by atoms with Crippen molar-refractivity contribution in [1.82, 2.24) is 0 Å². The molecule has 0 bridgehead atoms. The van der Waals surface area contributed by atoms with Crippen molar-refractivity contribution in [2.45, 2.75) is 85.9 Å². The van der Waals surface area contributed by atoms with Crippen LogP contribution in [0.5, 0.6) is 0 Å². The first-order valence-electron chi connectivity index (χ1n) is 10.7. The molecule has 0 atom stereocenters. The van der Waals surface area contributed by atoms with E-state index in [1.165, 1.54) is 33.4 Å². The van der Waals surface area contributed by atoms with Gasteiger partial charge in [0.2, 0.25) is 0 Å².